The predicted molar refractivity (Wildman–Crippen MR) is 440 cm³/mol. The summed E-state index contributed by atoms with van der Waals surface area (Å²) in [5.41, 5.74) is -0.957. The van der Waals surface area contributed by atoms with Crippen LogP contribution in [0.5, 0.6) is 0 Å². The van der Waals surface area contributed by atoms with Crippen molar-refractivity contribution in [2.24, 2.45) is 64.6 Å². The Kier molecular flexibility index (Phi) is 64.9. The highest BCUT2D eigenvalue weighted by molar-refractivity contribution is 5.80. The van der Waals surface area contributed by atoms with Crippen molar-refractivity contribution in [1.29, 1.82) is 0 Å². The molecule has 688 valence electrons. The quantitative estimate of drug-likeness (QED) is 0.0359. The van der Waals surface area contributed by atoms with Gasteiger partial charge in [-0.3, -0.25) is 33.6 Å². The second-order valence-corrected chi connectivity index (χ2v) is 32.1. The molecule has 3 saturated heterocycles. The molecule has 3 aliphatic rings. The van der Waals surface area contributed by atoms with Crippen molar-refractivity contribution in [3.05, 3.63) is 12.4 Å². The predicted octanol–water partition coefficient (Wildman–Crippen LogP) is 11.4. The molecule has 15 atom stereocenters. The van der Waals surface area contributed by atoms with E-state index in [0.29, 0.717) is 201 Å². The van der Waals surface area contributed by atoms with Crippen LogP contribution in [0.3, 0.4) is 0 Å². The number of unbranched alkanes of at least 4 members (excludes halogenated alkanes) is 3. The van der Waals surface area contributed by atoms with Gasteiger partial charge in [-0.15, -0.1) is 0 Å². The number of ether oxygens (including phenoxy) is 21. The third-order valence-corrected chi connectivity index (χ3v) is 21.3. The van der Waals surface area contributed by atoms with Crippen molar-refractivity contribution in [1.82, 2.24) is 15.4 Å². The number of nitrogens with one attached hydrogen (secondary N) is 1. The molecule has 1 aromatic rings. The summed E-state index contributed by atoms with van der Waals surface area (Å²) in [7, 11) is 0. The Morgan fingerprint density at radius 1 is 0.322 bits per heavy atom. The van der Waals surface area contributed by atoms with Crippen LogP contribution in [0.25, 0.3) is 0 Å². The lowest BCUT2D eigenvalue weighted by molar-refractivity contribution is -0.258. The molecule has 0 bridgehead atoms. The number of aromatic nitrogens is 3. The summed E-state index contributed by atoms with van der Waals surface area (Å²) in [5, 5.41) is 9.33. The van der Waals surface area contributed by atoms with Gasteiger partial charge in [0.1, 0.15) is 43.0 Å². The molecular formula is C87H157N3O28. The van der Waals surface area contributed by atoms with Gasteiger partial charge in [-0.2, -0.15) is 15.4 Å². The molecule has 0 saturated carbocycles. The van der Waals surface area contributed by atoms with Gasteiger partial charge in [0.15, 0.2) is 18.9 Å². The van der Waals surface area contributed by atoms with Gasteiger partial charge in [-0.25, -0.2) is 0 Å². The van der Waals surface area contributed by atoms with Crippen molar-refractivity contribution >= 4 is 41.0 Å². The zero-order valence-corrected chi connectivity index (χ0v) is 75.0. The van der Waals surface area contributed by atoms with Crippen LogP contribution in [0, 0.1) is 64.6 Å². The van der Waals surface area contributed by atoms with Crippen LogP contribution in [0.2, 0.25) is 0 Å². The van der Waals surface area contributed by atoms with E-state index >= 15 is 0 Å². The average Bonchev–Trinajstić information content (AvgIpc) is 0.842. The summed E-state index contributed by atoms with van der Waals surface area (Å²) < 4.78 is 122. The molecule has 15 unspecified atom stereocenters. The second kappa shape index (κ2) is 69.9. The number of H-pyrrole nitrogens is 1. The molecule has 31 heteroatoms. The summed E-state index contributed by atoms with van der Waals surface area (Å²) in [6.45, 7) is 40.8. The number of hydrogen-bond donors (Lipinski definition) is 1. The number of aromatic amines is 1. The van der Waals surface area contributed by atoms with Crippen LogP contribution in [-0.2, 0) is 133 Å². The fourth-order valence-corrected chi connectivity index (χ4v) is 13.1. The molecule has 0 amide bonds. The highest BCUT2D eigenvalue weighted by atomic mass is 16.7. The summed E-state index contributed by atoms with van der Waals surface area (Å²) in [6.07, 6.45) is 8.36. The summed E-state index contributed by atoms with van der Waals surface area (Å²) in [6, 6.07) is 0. The van der Waals surface area contributed by atoms with Crippen molar-refractivity contribution < 1.29 is 133 Å². The Labute approximate surface area is 706 Å². The van der Waals surface area contributed by atoms with Gasteiger partial charge in [-0.05, 0) is 67.1 Å². The molecule has 1 N–H and O–H groups in total. The largest absolute Gasteiger partial charge is 0.463 e. The number of rotatable bonds is 70. The smallest absolute Gasteiger partial charge is 0.302 e. The van der Waals surface area contributed by atoms with Crippen LogP contribution in [-0.4, -0.2) is 292 Å². The number of esters is 3. The summed E-state index contributed by atoms with van der Waals surface area (Å²) in [5.74, 6) is 2.00. The highest BCUT2D eigenvalue weighted by Gasteiger charge is 2.43. The van der Waals surface area contributed by atoms with Gasteiger partial charge in [-0.1, -0.05) is 109 Å². The van der Waals surface area contributed by atoms with Crippen LogP contribution in [0.4, 0.5) is 0 Å². The maximum absolute atomic E-state index is 13.8. The molecule has 4 rings (SSSR count). The minimum absolute atomic E-state index is 0.00987. The zero-order valence-electron chi connectivity index (χ0n) is 75.0. The van der Waals surface area contributed by atoms with E-state index in [1.54, 1.807) is 12.4 Å². The molecule has 1 aromatic heterocycles. The molecular weight excluding hydrogens is 1530 g/mol. The van der Waals surface area contributed by atoms with Gasteiger partial charge in [0.25, 0.3) is 0 Å². The van der Waals surface area contributed by atoms with Crippen LogP contribution in [0.1, 0.15) is 207 Å². The molecule has 0 aliphatic carbocycles. The Bertz CT molecular complexity index is 2420. The highest BCUT2D eigenvalue weighted by Crippen LogP contribution is 2.38. The second-order valence-electron chi connectivity index (χ2n) is 32.1. The van der Waals surface area contributed by atoms with Crippen molar-refractivity contribution in [2.45, 2.75) is 244 Å². The number of nitrogens with zero attached hydrogens (tertiary/aromatic N) is 2. The number of carbonyl (C=O) groups excluding carboxylic acids is 7. The molecule has 0 radical (unpaired) electrons. The minimum atomic E-state index is -0.957. The van der Waals surface area contributed by atoms with E-state index in [-0.39, 0.29) is 180 Å². The van der Waals surface area contributed by atoms with Gasteiger partial charge in [0, 0.05) is 115 Å². The van der Waals surface area contributed by atoms with Crippen LogP contribution in [0.15, 0.2) is 12.4 Å². The van der Waals surface area contributed by atoms with E-state index < -0.39 is 24.3 Å². The first-order valence-corrected chi connectivity index (χ1v) is 43.7. The first kappa shape index (κ1) is 110. The molecule has 31 nitrogen and oxygen atoms in total. The standard InChI is InChI=1S/C81H144O28.C4H10.C2H3N3/c1-14-15-16-17-21-74(88)52-81(56-98-31-25-71(85)22-18-28-89-34-37-92-40-43-95-46-49-101-78-65(8)59(2)62(5)75(107-78)53-104-68(11)82,57-99-32-26-72(86)23-19-29-90-35-38-93-41-44-96-47-50-102-79-66(9)60(3)63(6)76(108-79)54-105-69(12)83)58-100-33-27-73(87)24-20-30-91-36-39-94-42-45-97-48-51-103-80-67(10)61(4)64(7)77(109-80)55-106-70(13)84;1-4(2)3;1-2-4-5-3-1/h59-67,75-80H,14-58H2,1-13H3;4H,1-3H3;1-2H,(H,3,4,5). The third kappa shape index (κ3) is 54.2. The lowest BCUT2D eigenvalue weighted by Crippen LogP contribution is -2.48. The van der Waals surface area contributed by atoms with E-state index in [9.17, 15) is 33.6 Å². The van der Waals surface area contributed by atoms with E-state index in [1.807, 2.05) is 0 Å². The first-order valence-electron chi connectivity index (χ1n) is 43.7. The Hall–Kier alpha value is -4.49. The average molecular weight is 1690 g/mol. The Morgan fingerprint density at radius 2 is 0.585 bits per heavy atom. The summed E-state index contributed by atoms with van der Waals surface area (Å²) in [4.78, 5) is 87.2. The number of Topliss-reactive ketones (excluding diaryl/α,β-unsaturated/α-hetero) is 4. The monoisotopic (exact) mass is 1690 g/mol. The minimum Gasteiger partial charge on any atom is -0.463 e. The Morgan fingerprint density at radius 3 is 0.839 bits per heavy atom. The molecule has 118 heavy (non-hydrogen) atoms. The molecule has 4 heterocycles. The lowest BCUT2D eigenvalue weighted by Gasteiger charge is -2.43. The molecule has 0 spiro atoms. The lowest BCUT2D eigenvalue weighted by atomic mass is 9.79. The fraction of sp³-hybridized carbons (Fsp3) is 0.897. The number of hydrogen-bond acceptors (Lipinski definition) is 30. The normalized spacial score (nSPS) is 23.6. The molecule has 3 fully saturated rings. The molecule has 3 aliphatic heterocycles. The Balaban J connectivity index is 0.00000492. The topological polar surface area (TPSA) is 355 Å². The SMILES string of the molecule is CC(C)C.CCCCCCC(=O)CC(COCCC(=O)CCCOCCOCCOCCOC1OC(COC(C)=O)C(C)C(C)C1C)(COCCC(=O)CCCOCCOCCOCCOC1OC(COC(C)=O)C(C)C(C)C1C)COCCC(=O)CCCOCCOCCOCCOC1OC(COC(C)=O)C(C)C(C)C1C.c1cn[nH]n1. The van der Waals surface area contributed by atoms with Gasteiger partial charge in [0.05, 0.1) is 189 Å². The zero-order chi connectivity index (χ0) is 87.0. The van der Waals surface area contributed by atoms with Crippen molar-refractivity contribution in [3.8, 4) is 0 Å². The van der Waals surface area contributed by atoms with Crippen LogP contribution >= 0.6 is 0 Å². The maximum Gasteiger partial charge on any atom is 0.302 e. The fourth-order valence-electron chi connectivity index (χ4n) is 13.1. The van der Waals surface area contributed by atoms with Gasteiger partial charge < -0.3 is 99.5 Å². The third-order valence-electron chi connectivity index (χ3n) is 21.3. The van der Waals surface area contributed by atoms with Crippen LogP contribution < -0.4 is 0 Å². The maximum atomic E-state index is 13.8. The van der Waals surface area contributed by atoms with E-state index in [4.69, 9.17) is 99.5 Å². The first-order chi connectivity index (χ1) is 56.7. The van der Waals surface area contributed by atoms with Crippen molar-refractivity contribution in [3.63, 3.8) is 0 Å². The number of ketones is 4. The van der Waals surface area contributed by atoms with E-state index in [0.717, 1.165) is 31.6 Å². The summed E-state index contributed by atoms with van der Waals surface area (Å²) >= 11 is 0. The van der Waals surface area contributed by atoms with Gasteiger partial charge in [0.2, 0.25) is 0 Å². The van der Waals surface area contributed by atoms with E-state index in [1.165, 1.54) is 20.8 Å². The van der Waals surface area contributed by atoms with Gasteiger partial charge >= 0.3 is 17.9 Å². The molecule has 0 aromatic carbocycles. The number of carbonyl (C=O) groups is 7. The van der Waals surface area contributed by atoms with Crippen molar-refractivity contribution in [2.75, 3.05) is 198 Å². The van der Waals surface area contributed by atoms with E-state index in [2.05, 4.69) is 105 Å².